The minimum absolute atomic E-state index is 0.0730. The van der Waals surface area contributed by atoms with E-state index in [1.165, 1.54) is 22.9 Å². The van der Waals surface area contributed by atoms with Gasteiger partial charge in [0.1, 0.15) is 11.6 Å². The Morgan fingerprint density at radius 2 is 2.14 bits per heavy atom. The van der Waals surface area contributed by atoms with Gasteiger partial charge in [0.15, 0.2) is 0 Å². The lowest BCUT2D eigenvalue weighted by Crippen LogP contribution is -2.44. The first-order valence-electron chi connectivity index (χ1n) is 9.83. The molecule has 0 radical (unpaired) electrons. The van der Waals surface area contributed by atoms with Crippen molar-refractivity contribution >= 4 is 11.7 Å². The van der Waals surface area contributed by atoms with Gasteiger partial charge < -0.3 is 10.2 Å². The summed E-state index contributed by atoms with van der Waals surface area (Å²) in [5.41, 5.74) is 0.0566. The third-order valence-electron chi connectivity index (χ3n) is 4.98. The quantitative estimate of drug-likeness (QED) is 0.829. The molecule has 0 aliphatic carbocycles. The number of halogens is 1. The molecule has 1 aliphatic heterocycles. The lowest BCUT2D eigenvalue weighted by molar-refractivity contribution is -0.125. The number of anilines is 1. The molecule has 2 heterocycles. The first-order chi connectivity index (χ1) is 13.4. The maximum Gasteiger partial charge on any atom is 0.271 e. The van der Waals surface area contributed by atoms with Gasteiger partial charge in [0.25, 0.3) is 5.56 Å². The van der Waals surface area contributed by atoms with Gasteiger partial charge in [0.05, 0.1) is 11.6 Å². The van der Waals surface area contributed by atoms with Crippen LogP contribution in [0, 0.1) is 17.7 Å². The molecule has 1 aromatic heterocycles. The summed E-state index contributed by atoms with van der Waals surface area (Å²) in [5.74, 6) is 0.716. The summed E-state index contributed by atoms with van der Waals surface area (Å²) < 4.78 is 14.7. The van der Waals surface area contributed by atoms with Crippen molar-refractivity contribution in [1.29, 1.82) is 0 Å². The maximum atomic E-state index is 13.5. The summed E-state index contributed by atoms with van der Waals surface area (Å²) in [4.78, 5) is 26.7. The highest BCUT2D eigenvalue weighted by Crippen LogP contribution is 2.21. The van der Waals surface area contributed by atoms with E-state index in [-0.39, 0.29) is 17.4 Å². The zero-order valence-electron chi connectivity index (χ0n) is 16.4. The maximum absolute atomic E-state index is 13.5. The molecule has 0 bridgehead atoms. The molecule has 28 heavy (non-hydrogen) atoms. The van der Waals surface area contributed by atoms with Gasteiger partial charge in [-0.3, -0.25) is 9.59 Å². The van der Waals surface area contributed by atoms with Crippen LogP contribution in [-0.4, -0.2) is 35.3 Å². The number of carbonyl (C=O) groups excluding carboxylic acids is 1. The van der Waals surface area contributed by atoms with E-state index in [4.69, 9.17) is 0 Å². The van der Waals surface area contributed by atoms with Crippen LogP contribution in [-0.2, 0) is 4.79 Å². The number of amides is 1. The Kier molecular flexibility index (Phi) is 6.44. The van der Waals surface area contributed by atoms with Crippen LogP contribution in [0.1, 0.15) is 33.1 Å². The third-order valence-corrected chi connectivity index (χ3v) is 4.98. The van der Waals surface area contributed by atoms with Gasteiger partial charge in [-0.05, 0) is 49.4 Å². The Morgan fingerprint density at radius 1 is 1.32 bits per heavy atom. The van der Waals surface area contributed by atoms with Crippen molar-refractivity contribution in [2.75, 3.05) is 24.5 Å². The monoisotopic (exact) mass is 386 g/mol. The van der Waals surface area contributed by atoms with E-state index in [0.717, 1.165) is 25.8 Å². The fourth-order valence-electron chi connectivity index (χ4n) is 3.39. The van der Waals surface area contributed by atoms with Crippen molar-refractivity contribution in [3.63, 3.8) is 0 Å². The topological polar surface area (TPSA) is 67.2 Å². The van der Waals surface area contributed by atoms with Crippen molar-refractivity contribution < 1.29 is 9.18 Å². The summed E-state index contributed by atoms with van der Waals surface area (Å²) in [6, 6.07) is 8.88. The lowest BCUT2D eigenvalue weighted by Gasteiger charge is -2.33. The Hall–Kier alpha value is -2.70. The molecule has 150 valence electrons. The van der Waals surface area contributed by atoms with Gasteiger partial charge in [-0.25, -0.2) is 4.39 Å². The Labute approximate surface area is 164 Å². The number of nitrogens with zero attached hydrogens (tertiary/aromatic N) is 3. The molecule has 2 aromatic rings. The number of carbonyl (C=O) groups is 1. The number of hydrogen-bond donors (Lipinski definition) is 1. The molecule has 1 aromatic carbocycles. The largest absolute Gasteiger partial charge is 0.356 e. The summed E-state index contributed by atoms with van der Waals surface area (Å²) in [5, 5.41) is 7.44. The fraction of sp³-hybridized carbons (Fsp3) is 0.476. The highest BCUT2D eigenvalue weighted by molar-refractivity contribution is 5.79. The fourth-order valence-corrected chi connectivity index (χ4v) is 3.39. The second-order valence-electron chi connectivity index (χ2n) is 7.68. The standard InChI is InChI=1S/C21H27FN4O2/c1-15(2)10-11-23-21(28)16-5-4-12-25(14-16)19-8-9-20(27)26(24-19)18-7-3-6-17(22)13-18/h3,6-9,13,15-16H,4-5,10-12,14H2,1-2H3,(H,23,28). The second-order valence-corrected chi connectivity index (χ2v) is 7.68. The zero-order chi connectivity index (χ0) is 20.1. The van der Waals surface area contributed by atoms with Crippen molar-refractivity contribution in [2.24, 2.45) is 11.8 Å². The van der Waals surface area contributed by atoms with Crippen LogP contribution in [0.3, 0.4) is 0 Å². The minimum Gasteiger partial charge on any atom is -0.356 e. The van der Waals surface area contributed by atoms with E-state index in [2.05, 4.69) is 24.3 Å². The average molecular weight is 386 g/mol. The molecule has 1 amide bonds. The van der Waals surface area contributed by atoms with Crippen LogP contribution < -0.4 is 15.8 Å². The van der Waals surface area contributed by atoms with Crippen LogP contribution in [0.5, 0.6) is 0 Å². The lowest BCUT2D eigenvalue weighted by atomic mass is 9.97. The molecule has 0 spiro atoms. The Morgan fingerprint density at radius 3 is 2.89 bits per heavy atom. The molecule has 1 fully saturated rings. The van der Waals surface area contributed by atoms with E-state index in [0.29, 0.717) is 30.5 Å². The number of rotatable bonds is 6. The summed E-state index contributed by atoms with van der Waals surface area (Å²) in [6.07, 6.45) is 2.68. The highest BCUT2D eigenvalue weighted by Gasteiger charge is 2.26. The first kappa shape index (κ1) is 20.0. The van der Waals surface area contributed by atoms with E-state index >= 15 is 0 Å². The van der Waals surface area contributed by atoms with E-state index < -0.39 is 5.82 Å². The summed E-state index contributed by atoms with van der Waals surface area (Å²) in [6.45, 7) is 6.28. The normalized spacial score (nSPS) is 17.0. The van der Waals surface area contributed by atoms with Gasteiger partial charge in [0, 0.05) is 25.7 Å². The number of aromatic nitrogens is 2. The van der Waals surface area contributed by atoms with Gasteiger partial charge >= 0.3 is 0 Å². The van der Waals surface area contributed by atoms with Gasteiger partial charge in [0.2, 0.25) is 5.91 Å². The molecule has 1 atom stereocenters. The molecular weight excluding hydrogens is 359 g/mol. The van der Waals surface area contributed by atoms with Crippen molar-refractivity contribution in [3.05, 3.63) is 52.6 Å². The van der Waals surface area contributed by atoms with Crippen LogP contribution in [0.15, 0.2) is 41.2 Å². The Bertz CT molecular complexity index is 881. The van der Waals surface area contributed by atoms with Gasteiger partial charge in [-0.2, -0.15) is 4.68 Å². The van der Waals surface area contributed by atoms with Crippen LogP contribution in [0.4, 0.5) is 10.2 Å². The highest BCUT2D eigenvalue weighted by atomic mass is 19.1. The molecule has 1 aliphatic rings. The number of benzene rings is 1. The van der Waals surface area contributed by atoms with Gasteiger partial charge in [-0.1, -0.05) is 19.9 Å². The molecule has 7 heteroatoms. The Balaban J connectivity index is 1.73. The molecule has 1 unspecified atom stereocenters. The smallest absolute Gasteiger partial charge is 0.271 e. The molecule has 3 rings (SSSR count). The van der Waals surface area contributed by atoms with E-state index in [1.54, 1.807) is 18.2 Å². The minimum atomic E-state index is -0.423. The van der Waals surface area contributed by atoms with E-state index in [1.807, 2.05) is 4.90 Å². The van der Waals surface area contributed by atoms with Crippen molar-refractivity contribution in [3.8, 4) is 5.69 Å². The molecule has 1 saturated heterocycles. The molecule has 1 N–H and O–H groups in total. The van der Waals surface area contributed by atoms with E-state index in [9.17, 15) is 14.0 Å². The summed E-state index contributed by atoms with van der Waals surface area (Å²) >= 11 is 0. The predicted molar refractivity (Wildman–Crippen MR) is 107 cm³/mol. The van der Waals surface area contributed by atoms with Crippen LogP contribution in [0.2, 0.25) is 0 Å². The molecular formula is C21H27FN4O2. The number of nitrogens with one attached hydrogen (secondary N) is 1. The van der Waals surface area contributed by atoms with Crippen LogP contribution >= 0.6 is 0 Å². The van der Waals surface area contributed by atoms with Crippen LogP contribution in [0.25, 0.3) is 5.69 Å². The third kappa shape index (κ3) is 4.97. The predicted octanol–water partition coefficient (Wildman–Crippen LogP) is 2.75. The SMILES string of the molecule is CC(C)CCNC(=O)C1CCCN(c2ccc(=O)n(-c3cccc(F)c3)n2)C1. The average Bonchev–Trinajstić information content (AvgIpc) is 2.68. The van der Waals surface area contributed by atoms with Crippen molar-refractivity contribution in [1.82, 2.24) is 15.1 Å². The first-order valence-corrected chi connectivity index (χ1v) is 9.83. The second kappa shape index (κ2) is 8.99. The van der Waals surface area contributed by atoms with Gasteiger partial charge in [-0.15, -0.1) is 5.10 Å². The van der Waals surface area contributed by atoms with Crippen molar-refractivity contribution in [2.45, 2.75) is 33.1 Å². The number of piperidine rings is 1. The summed E-state index contributed by atoms with van der Waals surface area (Å²) in [7, 11) is 0. The molecule has 6 nitrogen and oxygen atoms in total. The molecule has 0 saturated carbocycles. The zero-order valence-corrected chi connectivity index (χ0v) is 16.4. The number of hydrogen-bond acceptors (Lipinski definition) is 4.